The van der Waals surface area contributed by atoms with Gasteiger partial charge in [-0.15, -0.1) is 10.2 Å². The molecule has 8 heteroatoms. The molecule has 0 spiro atoms. The molecule has 150 valence electrons. The lowest BCUT2D eigenvalue weighted by Crippen LogP contribution is -2.19. The molecule has 29 heavy (non-hydrogen) atoms. The summed E-state index contributed by atoms with van der Waals surface area (Å²) in [5, 5.41) is 11.4. The number of thioether (sulfide) groups is 1. The van der Waals surface area contributed by atoms with Gasteiger partial charge in [0.05, 0.1) is 6.04 Å². The van der Waals surface area contributed by atoms with E-state index in [2.05, 4.69) is 27.6 Å². The maximum absolute atomic E-state index is 12.9. The van der Waals surface area contributed by atoms with Crippen LogP contribution < -0.4 is 11.1 Å². The average molecular weight is 410 g/mol. The Kier molecular flexibility index (Phi) is 6.66. The lowest BCUT2D eigenvalue weighted by molar-refractivity contribution is -0.114. The van der Waals surface area contributed by atoms with Crippen LogP contribution in [0.2, 0.25) is 0 Å². The maximum Gasteiger partial charge on any atom is 0.223 e. The van der Waals surface area contributed by atoms with Crippen LogP contribution in [0.25, 0.3) is 0 Å². The zero-order valence-corrected chi connectivity index (χ0v) is 17.1. The second-order valence-corrected chi connectivity index (χ2v) is 7.66. The van der Waals surface area contributed by atoms with E-state index in [9.17, 15) is 9.59 Å². The average Bonchev–Trinajstić information content (AvgIpc) is 3.08. The van der Waals surface area contributed by atoms with Crippen molar-refractivity contribution >= 4 is 35.1 Å². The minimum absolute atomic E-state index is 0.101. The molecule has 0 saturated heterocycles. The number of hydrogen-bond acceptors (Lipinski definition) is 6. The van der Waals surface area contributed by atoms with E-state index in [0.717, 1.165) is 12.2 Å². The maximum atomic E-state index is 12.9. The van der Waals surface area contributed by atoms with E-state index in [1.807, 2.05) is 18.2 Å². The van der Waals surface area contributed by atoms with Gasteiger partial charge in [-0.1, -0.05) is 42.1 Å². The summed E-state index contributed by atoms with van der Waals surface area (Å²) in [6.07, 6.45) is 0.880. The van der Waals surface area contributed by atoms with E-state index >= 15 is 0 Å². The normalized spacial score (nSPS) is 11.8. The summed E-state index contributed by atoms with van der Waals surface area (Å²) >= 11 is 1.52. The molecule has 1 unspecified atom stereocenters. The molecule has 7 nitrogen and oxygen atoms in total. The molecule has 3 aromatic rings. The number of nitrogens with one attached hydrogen (secondary N) is 1. The van der Waals surface area contributed by atoms with Gasteiger partial charge in [0.25, 0.3) is 0 Å². The van der Waals surface area contributed by atoms with Crippen molar-refractivity contribution < 1.29 is 9.59 Å². The highest BCUT2D eigenvalue weighted by molar-refractivity contribution is 7.99. The van der Waals surface area contributed by atoms with Gasteiger partial charge in [-0.25, -0.2) is 0 Å². The predicted molar refractivity (Wildman–Crippen MR) is 115 cm³/mol. The number of benzene rings is 2. The number of ketones is 1. The molecule has 1 amide bonds. The standard InChI is InChI=1S/C21H23N5O2S/c1-14(19(28)17-8-10-18(11-9-17)23-15(2)27)26-20(22)24-25-21(26)29-13-12-16-6-4-3-5-7-16/h3-11,14H,12-13H2,1-2H3,(H2,22,24)(H,23,27). The zero-order valence-electron chi connectivity index (χ0n) is 16.3. The van der Waals surface area contributed by atoms with Gasteiger partial charge < -0.3 is 11.1 Å². The molecular formula is C21H23N5O2S. The Hall–Kier alpha value is -3.13. The number of nitrogen functional groups attached to an aromatic ring is 1. The first-order chi connectivity index (χ1) is 14.0. The number of aryl methyl sites for hydroxylation is 1. The third-order valence-corrected chi connectivity index (χ3v) is 5.36. The molecule has 1 heterocycles. The minimum atomic E-state index is -0.546. The largest absolute Gasteiger partial charge is 0.368 e. The van der Waals surface area contributed by atoms with Crippen LogP contribution in [0.15, 0.2) is 59.8 Å². The minimum Gasteiger partial charge on any atom is -0.368 e. The molecular weight excluding hydrogens is 386 g/mol. The lowest BCUT2D eigenvalue weighted by atomic mass is 10.0. The second kappa shape index (κ2) is 9.38. The van der Waals surface area contributed by atoms with E-state index in [-0.39, 0.29) is 17.6 Å². The topological polar surface area (TPSA) is 103 Å². The third-order valence-electron chi connectivity index (χ3n) is 4.41. The van der Waals surface area contributed by atoms with Gasteiger partial charge >= 0.3 is 0 Å². The van der Waals surface area contributed by atoms with E-state index in [4.69, 9.17) is 5.73 Å². The number of nitrogens with two attached hydrogens (primary N) is 1. The summed E-state index contributed by atoms with van der Waals surface area (Å²) in [6, 6.07) is 16.4. The van der Waals surface area contributed by atoms with Gasteiger partial charge in [-0.2, -0.15) is 0 Å². The third kappa shape index (κ3) is 5.23. The molecule has 0 radical (unpaired) electrons. The van der Waals surface area contributed by atoms with Crippen LogP contribution in [0.3, 0.4) is 0 Å². The lowest BCUT2D eigenvalue weighted by Gasteiger charge is -2.16. The van der Waals surface area contributed by atoms with Gasteiger partial charge in [0.1, 0.15) is 0 Å². The molecule has 0 aliphatic heterocycles. The number of rotatable bonds is 8. The summed E-state index contributed by atoms with van der Waals surface area (Å²) in [5.41, 5.74) is 8.40. The van der Waals surface area contributed by atoms with Crippen molar-refractivity contribution in [1.29, 1.82) is 0 Å². The highest BCUT2D eigenvalue weighted by atomic mass is 32.2. The first-order valence-corrected chi connectivity index (χ1v) is 10.2. The van der Waals surface area contributed by atoms with Crippen molar-refractivity contribution in [1.82, 2.24) is 14.8 Å². The van der Waals surface area contributed by atoms with Crippen LogP contribution >= 0.6 is 11.8 Å². The van der Waals surface area contributed by atoms with Gasteiger partial charge in [-0.3, -0.25) is 14.2 Å². The molecule has 3 N–H and O–H groups in total. The predicted octanol–water partition coefficient (Wildman–Crippen LogP) is 3.60. The fourth-order valence-electron chi connectivity index (χ4n) is 2.94. The van der Waals surface area contributed by atoms with Gasteiger partial charge in [0.2, 0.25) is 11.9 Å². The molecule has 0 saturated carbocycles. The quantitative estimate of drug-likeness (QED) is 0.435. The van der Waals surface area contributed by atoms with Crippen molar-refractivity contribution in [2.75, 3.05) is 16.8 Å². The number of carbonyl (C=O) groups is 2. The van der Waals surface area contributed by atoms with Crippen molar-refractivity contribution in [3.05, 3.63) is 65.7 Å². The summed E-state index contributed by atoms with van der Waals surface area (Å²) in [6.45, 7) is 3.22. The summed E-state index contributed by atoms with van der Waals surface area (Å²) in [4.78, 5) is 24.1. The summed E-state index contributed by atoms with van der Waals surface area (Å²) in [7, 11) is 0. The second-order valence-electron chi connectivity index (χ2n) is 6.59. The Morgan fingerprint density at radius 3 is 2.45 bits per heavy atom. The van der Waals surface area contributed by atoms with Crippen molar-refractivity contribution in [2.24, 2.45) is 0 Å². The number of carbonyl (C=O) groups excluding carboxylic acids is 2. The Bertz CT molecular complexity index is 986. The van der Waals surface area contributed by atoms with Crippen molar-refractivity contribution in [3.63, 3.8) is 0 Å². The Balaban J connectivity index is 1.69. The SMILES string of the molecule is CC(=O)Nc1ccc(C(=O)C(C)n2c(N)nnc2SCCc2ccccc2)cc1. The number of anilines is 2. The summed E-state index contributed by atoms with van der Waals surface area (Å²) in [5.74, 6) is 0.750. The molecule has 0 bridgehead atoms. The van der Waals surface area contributed by atoms with Crippen LogP contribution in [-0.4, -0.2) is 32.2 Å². The smallest absolute Gasteiger partial charge is 0.223 e. The van der Waals surface area contributed by atoms with E-state index < -0.39 is 6.04 Å². The first kappa shape index (κ1) is 20.6. The molecule has 2 aromatic carbocycles. The Morgan fingerprint density at radius 1 is 1.10 bits per heavy atom. The molecule has 1 atom stereocenters. The molecule has 0 fully saturated rings. The number of amides is 1. The van der Waals surface area contributed by atoms with Crippen LogP contribution in [0.4, 0.5) is 11.6 Å². The fourth-order valence-corrected chi connectivity index (χ4v) is 3.94. The summed E-state index contributed by atoms with van der Waals surface area (Å²) < 4.78 is 1.67. The molecule has 1 aromatic heterocycles. The van der Waals surface area contributed by atoms with Crippen LogP contribution in [0, 0.1) is 0 Å². The first-order valence-electron chi connectivity index (χ1n) is 9.24. The van der Waals surface area contributed by atoms with E-state index in [1.54, 1.807) is 35.8 Å². The molecule has 3 rings (SSSR count). The monoisotopic (exact) mass is 409 g/mol. The Labute approximate surface area is 173 Å². The van der Waals surface area contributed by atoms with E-state index in [1.165, 1.54) is 24.2 Å². The van der Waals surface area contributed by atoms with Crippen molar-refractivity contribution in [2.45, 2.75) is 31.5 Å². The van der Waals surface area contributed by atoms with Crippen LogP contribution in [0.1, 0.15) is 35.8 Å². The van der Waals surface area contributed by atoms with Crippen molar-refractivity contribution in [3.8, 4) is 0 Å². The van der Waals surface area contributed by atoms with Gasteiger partial charge in [0.15, 0.2) is 10.9 Å². The Morgan fingerprint density at radius 2 is 1.79 bits per heavy atom. The number of nitrogens with zero attached hydrogens (tertiary/aromatic N) is 3. The van der Waals surface area contributed by atoms with Gasteiger partial charge in [0, 0.05) is 23.9 Å². The molecule has 0 aliphatic rings. The van der Waals surface area contributed by atoms with Crippen LogP contribution in [0.5, 0.6) is 0 Å². The number of hydrogen-bond donors (Lipinski definition) is 2. The van der Waals surface area contributed by atoms with E-state index in [0.29, 0.717) is 16.4 Å². The zero-order chi connectivity index (χ0) is 20.8. The highest BCUT2D eigenvalue weighted by Gasteiger charge is 2.23. The van der Waals surface area contributed by atoms with Crippen LogP contribution in [-0.2, 0) is 11.2 Å². The van der Waals surface area contributed by atoms with Gasteiger partial charge in [-0.05, 0) is 43.2 Å². The fraction of sp³-hybridized carbons (Fsp3) is 0.238. The molecule has 0 aliphatic carbocycles. The number of aromatic nitrogens is 3. The number of Topliss-reactive ketones (excluding diaryl/α,β-unsaturated/α-hetero) is 1. The highest BCUT2D eigenvalue weighted by Crippen LogP contribution is 2.26.